The molecule has 0 unspecified atom stereocenters. The van der Waals surface area contributed by atoms with Crippen LogP contribution in [0.4, 0.5) is 5.82 Å². The maximum absolute atomic E-state index is 8.97. The Bertz CT molecular complexity index is 595. The molecule has 0 atom stereocenters. The molecule has 1 aliphatic rings. The van der Waals surface area contributed by atoms with Crippen LogP contribution in [-0.4, -0.2) is 59.5 Å². The summed E-state index contributed by atoms with van der Waals surface area (Å²) >= 11 is 5.90. The van der Waals surface area contributed by atoms with E-state index in [9.17, 15) is 0 Å². The van der Waals surface area contributed by atoms with Gasteiger partial charge < -0.3 is 10.0 Å². The Morgan fingerprint density at radius 1 is 0.955 bits per heavy atom. The highest BCUT2D eigenvalue weighted by atomic mass is 35.5. The molecule has 1 aliphatic heterocycles. The summed E-state index contributed by atoms with van der Waals surface area (Å²) in [5.41, 5.74) is 1.86. The molecule has 2 heterocycles. The number of hydrogen-bond acceptors (Lipinski definition) is 5. The molecule has 2 aromatic rings. The van der Waals surface area contributed by atoms with Crippen molar-refractivity contribution in [2.45, 2.75) is 0 Å². The van der Waals surface area contributed by atoms with Gasteiger partial charge in [0.1, 0.15) is 0 Å². The number of aromatic nitrogens is 2. The van der Waals surface area contributed by atoms with Gasteiger partial charge in [0.25, 0.3) is 0 Å². The molecule has 6 heteroatoms. The smallest absolute Gasteiger partial charge is 0.151 e. The number of aliphatic hydroxyl groups excluding tert-OH is 1. The van der Waals surface area contributed by atoms with Crippen molar-refractivity contribution in [3.8, 4) is 11.3 Å². The molecule has 0 spiro atoms. The molecule has 0 radical (unpaired) electrons. The summed E-state index contributed by atoms with van der Waals surface area (Å²) in [7, 11) is 0. The predicted octanol–water partition coefficient (Wildman–Crippen LogP) is 1.91. The van der Waals surface area contributed by atoms with Crippen molar-refractivity contribution in [1.29, 1.82) is 0 Å². The van der Waals surface area contributed by atoms with Gasteiger partial charge in [-0.15, -0.1) is 10.2 Å². The van der Waals surface area contributed by atoms with Crippen LogP contribution >= 0.6 is 11.6 Å². The van der Waals surface area contributed by atoms with Crippen LogP contribution in [0.1, 0.15) is 0 Å². The molecule has 1 fully saturated rings. The van der Waals surface area contributed by atoms with E-state index < -0.39 is 0 Å². The third-order valence-electron chi connectivity index (χ3n) is 3.90. The zero-order chi connectivity index (χ0) is 15.4. The van der Waals surface area contributed by atoms with Gasteiger partial charge in [-0.2, -0.15) is 0 Å². The molecule has 22 heavy (non-hydrogen) atoms. The largest absolute Gasteiger partial charge is 0.395 e. The molecule has 1 aromatic heterocycles. The molecule has 0 bridgehead atoms. The van der Waals surface area contributed by atoms with Crippen molar-refractivity contribution in [1.82, 2.24) is 15.1 Å². The molecule has 1 aromatic carbocycles. The first-order valence-corrected chi connectivity index (χ1v) is 7.82. The van der Waals surface area contributed by atoms with Crippen LogP contribution in [0.25, 0.3) is 11.3 Å². The molecule has 1 N–H and O–H groups in total. The number of halogens is 1. The van der Waals surface area contributed by atoms with Gasteiger partial charge in [0, 0.05) is 43.3 Å². The van der Waals surface area contributed by atoms with E-state index in [-0.39, 0.29) is 6.61 Å². The fraction of sp³-hybridized carbons (Fsp3) is 0.375. The van der Waals surface area contributed by atoms with E-state index in [0.29, 0.717) is 5.02 Å². The maximum atomic E-state index is 8.97. The van der Waals surface area contributed by atoms with Crippen molar-refractivity contribution in [3.05, 3.63) is 41.4 Å². The lowest BCUT2D eigenvalue weighted by Gasteiger charge is -2.34. The first-order chi connectivity index (χ1) is 10.8. The van der Waals surface area contributed by atoms with Crippen LogP contribution in [-0.2, 0) is 0 Å². The fourth-order valence-electron chi connectivity index (χ4n) is 2.61. The Morgan fingerprint density at radius 2 is 1.68 bits per heavy atom. The third kappa shape index (κ3) is 3.55. The number of β-amino-alcohol motifs (C(OH)–C–C–N with tert-alkyl or cyclic N) is 1. The van der Waals surface area contributed by atoms with Gasteiger partial charge >= 0.3 is 0 Å². The van der Waals surface area contributed by atoms with E-state index in [1.807, 2.05) is 36.4 Å². The Morgan fingerprint density at radius 3 is 2.27 bits per heavy atom. The van der Waals surface area contributed by atoms with Crippen molar-refractivity contribution < 1.29 is 5.11 Å². The summed E-state index contributed by atoms with van der Waals surface area (Å²) in [6, 6.07) is 11.6. The van der Waals surface area contributed by atoms with Gasteiger partial charge in [0.15, 0.2) is 5.82 Å². The first kappa shape index (κ1) is 15.2. The monoisotopic (exact) mass is 318 g/mol. The average molecular weight is 319 g/mol. The Labute approximate surface area is 135 Å². The Hall–Kier alpha value is -1.69. The maximum Gasteiger partial charge on any atom is 0.151 e. The van der Waals surface area contributed by atoms with Crippen molar-refractivity contribution in [3.63, 3.8) is 0 Å². The summed E-state index contributed by atoms with van der Waals surface area (Å²) < 4.78 is 0. The number of rotatable bonds is 4. The standard InChI is InChI=1S/C16H19ClN4O/c17-14-3-1-13(2-4-14)15-5-6-16(19-18-15)21-9-7-20(8-10-21)11-12-22/h1-6,22H,7-12H2. The number of aliphatic hydroxyl groups is 1. The molecule has 0 aliphatic carbocycles. The summed E-state index contributed by atoms with van der Waals surface area (Å²) in [4.78, 5) is 4.48. The minimum absolute atomic E-state index is 0.218. The van der Waals surface area contributed by atoms with Gasteiger partial charge in [-0.3, -0.25) is 4.90 Å². The highest BCUT2D eigenvalue weighted by molar-refractivity contribution is 6.30. The van der Waals surface area contributed by atoms with E-state index in [1.165, 1.54) is 0 Å². The normalized spacial score (nSPS) is 16.0. The molecule has 3 rings (SSSR count). The van der Waals surface area contributed by atoms with E-state index in [4.69, 9.17) is 16.7 Å². The van der Waals surface area contributed by atoms with Crippen LogP contribution in [0, 0.1) is 0 Å². The number of benzene rings is 1. The number of piperazine rings is 1. The topological polar surface area (TPSA) is 52.5 Å². The quantitative estimate of drug-likeness (QED) is 0.933. The second-order valence-corrected chi connectivity index (χ2v) is 5.77. The third-order valence-corrected chi connectivity index (χ3v) is 4.15. The lowest BCUT2D eigenvalue weighted by atomic mass is 10.1. The summed E-state index contributed by atoms with van der Waals surface area (Å²) in [6.45, 7) is 4.68. The Balaban J connectivity index is 1.66. The summed E-state index contributed by atoms with van der Waals surface area (Å²) in [6.07, 6.45) is 0. The van der Waals surface area contributed by atoms with Crippen LogP contribution in [0.5, 0.6) is 0 Å². The van der Waals surface area contributed by atoms with E-state index in [2.05, 4.69) is 20.0 Å². The zero-order valence-corrected chi connectivity index (χ0v) is 13.1. The van der Waals surface area contributed by atoms with E-state index in [1.54, 1.807) is 0 Å². The van der Waals surface area contributed by atoms with Crippen molar-refractivity contribution >= 4 is 17.4 Å². The van der Waals surface area contributed by atoms with Crippen molar-refractivity contribution in [2.24, 2.45) is 0 Å². The number of hydrogen-bond donors (Lipinski definition) is 1. The fourth-order valence-corrected chi connectivity index (χ4v) is 2.74. The highest BCUT2D eigenvalue weighted by Crippen LogP contribution is 2.21. The Kier molecular flexibility index (Phi) is 4.87. The minimum atomic E-state index is 0.218. The molecule has 0 saturated carbocycles. The molecule has 5 nitrogen and oxygen atoms in total. The minimum Gasteiger partial charge on any atom is -0.395 e. The van der Waals surface area contributed by atoms with Gasteiger partial charge in [0.05, 0.1) is 12.3 Å². The second-order valence-electron chi connectivity index (χ2n) is 5.34. The lowest BCUT2D eigenvalue weighted by Crippen LogP contribution is -2.47. The molecular formula is C16H19ClN4O. The summed E-state index contributed by atoms with van der Waals surface area (Å²) in [5, 5.41) is 18.4. The molecule has 116 valence electrons. The number of anilines is 1. The van der Waals surface area contributed by atoms with Crippen LogP contribution < -0.4 is 4.90 Å². The zero-order valence-electron chi connectivity index (χ0n) is 12.3. The van der Waals surface area contributed by atoms with Crippen LogP contribution in [0.15, 0.2) is 36.4 Å². The van der Waals surface area contributed by atoms with Gasteiger partial charge in [-0.1, -0.05) is 23.7 Å². The summed E-state index contributed by atoms with van der Waals surface area (Å²) in [5.74, 6) is 0.904. The molecule has 1 saturated heterocycles. The van der Waals surface area contributed by atoms with Crippen LogP contribution in [0.3, 0.4) is 0 Å². The lowest BCUT2D eigenvalue weighted by molar-refractivity contribution is 0.188. The van der Waals surface area contributed by atoms with Gasteiger partial charge in [-0.05, 0) is 24.3 Å². The second kappa shape index (κ2) is 7.05. The van der Waals surface area contributed by atoms with E-state index >= 15 is 0 Å². The van der Waals surface area contributed by atoms with E-state index in [0.717, 1.165) is 49.8 Å². The SMILES string of the molecule is OCCN1CCN(c2ccc(-c3ccc(Cl)cc3)nn2)CC1. The van der Waals surface area contributed by atoms with Gasteiger partial charge in [-0.25, -0.2) is 0 Å². The highest BCUT2D eigenvalue weighted by Gasteiger charge is 2.17. The van der Waals surface area contributed by atoms with Crippen LogP contribution in [0.2, 0.25) is 5.02 Å². The molecule has 0 amide bonds. The predicted molar refractivity (Wildman–Crippen MR) is 88.2 cm³/mol. The average Bonchev–Trinajstić information content (AvgIpc) is 2.57. The van der Waals surface area contributed by atoms with Crippen molar-refractivity contribution in [2.75, 3.05) is 44.2 Å². The number of nitrogens with zero attached hydrogens (tertiary/aromatic N) is 4. The first-order valence-electron chi connectivity index (χ1n) is 7.44. The van der Waals surface area contributed by atoms with Gasteiger partial charge in [0.2, 0.25) is 0 Å². The molecular weight excluding hydrogens is 300 g/mol.